The van der Waals surface area contributed by atoms with E-state index in [9.17, 15) is 9.59 Å². The van der Waals surface area contributed by atoms with Gasteiger partial charge in [-0.15, -0.1) is 0 Å². The van der Waals surface area contributed by atoms with Crippen LogP contribution in [-0.4, -0.2) is 18.9 Å². The van der Waals surface area contributed by atoms with Crippen LogP contribution >= 0.6 is 23.2 Å². The van der Waals surface area contributed by atoms with Crippen LogP contribution in [0.1, 0.15) is 16.7 Å². The third-order valence-electron chi connectivity index (χ3n) is 5.33. The van der Waals surface area contributed by atoms with Crippen molar-refractivity contribution in [1.82, 2.24) is 0 Å². The number of amides is 2. The average molecular weight is 467 g/mol. The third-order valence-corrected chi connectivity index (χ3v) is 5.80. The summed E-state index contributed by atoms with van der Waals surface area (Å²) in [6.07, 6.45) is 0. The van der Waals surface area contributed by atoms with Crippen LogP contribution in [0.4, 0.5) is 11.4 Å². The number of nitrogens with one attached hydrogen (secondary N) is 1. The van der Waals surface area contributed by atoms with Gasteiger partial charge in [0.2, 0.25) is 0 Å². The van der Waals surface area contributed by atoms with Gasteiger partial charge in [0, 0.05) is 15.7 Å². The molecule has 1 aliphatic heterocycles. The van der Waals surface area contributed by atoms with Crippen molar-refractivity contribution in [2.24, 2.45) is 0 Å². The second-order valence-electron chi connectivity index (χ2n) is 7.44. The first-order chi connectivity index (χ1) is 15.3. The lowest BCUT2D eigenvalue weighted by Gasteiger charge is -2.18. The fourth-order valence-corrected chi connectivity index (χ4v) is 3.92. The molecule has 162 valence electrons. The van der Waals surface area contributed by atoms with Crippen molar-refractivity contribution < 1.29 is 14.3 Å². The highest BCUT2D eigenvalue weighted by atomic mass is 35.5. The quantitative estimate of drug-likeness (QED) is 0.467. The summed E-state index contributed by atoms with van der Waals surface area (Å²) in [6, 6.07) is 17.4. The first kappa shape index (κ1) is 21.9. The van der Waals surface area contributed by atoms with Gasteiger partial charge in [-0.1, -0.05) is 47.5 Å². The maximum atomic E-state index is 13.6. The van der Waals surface area contributed by atoms with Crippen LogP contribution < -0.4 is 15.0 Å². The smallest absolute Gasteiger partial charge is 0.282 e. The summed E-state index contributed by atoms with van der Waals surface area (Å²) in [5, 5.41) is 4.11. The van der Waals surface area contributed by atoms with Crippen LogP contribution in [0.2, 0.25) is 10.0 Å². The Morgan fingerprint density at radius 1 is 0.812 bits per heavy atom. The predicted molar refractivity (Wildman–Crippen MR) is 128 cm³/mol. The van der Waals surface area contributed by atoms with E-state index >= 15 is 0 Å². The lowest BCUT2D eigenvalue weighted by Crippen LogP contribution is -2.33. The zero-order valence-corrected chi connectivity index (χ0v) is 19.2. The van der Waals surface area contributed by atoms with E-state index in [4.69, 9.17) is 27.9 Å². The van der Waals surface area contributed by atoms with Gasteiger partial charge in [0.1, 0.15) is 11.4 Å². The fraction of sp³-hybridized carbons (Fsp3) is 0.120. The molecule has 0 saturated carbocycles. The van der Waals surface area contributed by atoms with Gasteiger partial charge < -0.3 is 10.1 Å². The summed E-state index contributed by atoms with van der Waals surface area (Å²) in [5.41, 5.74) is 3.75. The van der Waals surface area contributed by atoms with Crippen molar-refractivity contribution in [3.63, 3.8) is 0 Å². The summed E-state index contributed by atoms with van der Waals surface area (Å²) in [4.78, 5) is 28.3. The third kappa shape index (κ3) is 3.97. The van der Waals surface area contributed by atoms with E-state index in [1.807, 2.05) is 19.9 Å². The monoisotopic (exact) mass is 466 g/mol. The molecule has 0 bridgehead atoms. The van der Waals surface area contributed by atoms with E-state index in [0.717, 1.165) is 16.0 Å². The molecular formula is C25H20Cl2N2O3. The van der Waals surface area contributed by atoms with Crippen LogP contribution in [0.3, 0.4) is 0 Å². The molecule has 3 aromatic rings. The normalized spacial score (nSPS) is 13.7. The number of carbonyl (C=O) groups is 2. The van der Waals surface area contributed by atoms with E-state index in [-0.39, 0.29) is 11.3 Å². The summed E-state index contributed by atoms with van der Waals surface area (Å²) >= 11 is 12.3. The van der Waals surface area contributed by atoms with Crippen molar-refractivity contribution in [2.75, 3.05) is 17.3 Å². The minimum atomic E-state index is -0.467. The highest BCUT2D eigenvalue weighted by Gasteiger charge is 2.41. The van der Waals surface area contributed by atoms with Crippen LogP contribution in [0.15, 0.2) is 66.4 Å². The Balaban J connectivity index is 1.87. The minimum Gasteiger partial charge on any atom is -0.497 e. The Hall–Kier alpha value is -3.28. The molecule has 0 radical (unpaired) electrons. The SMILES string of the molecule is COc1ccc(C2=C(Nc3cc(Cl)ccc3C)C(=O)N(c3cc(Cl)ccc3C)C2=O)cc1. The van der Waals surface area contributed by atoms with E-state index in [1.165, 1.54) is 0 Å². The molecule has 0 spiro atoms. The Bertz CT molecular complexity index is 1270. The number of hydrogen-bond donors (Lipinski definition) is 1. The number of aryl methyl sites for hydroxylation is 2. The molecule has 4 rings (SSSR count). The second-order valence-corrected chi connectivity index (χ2v) is 8.31. The molecular weight excluding hydrogens is 447 g/mol. The molecule has 3 aromatic carbocycles. The Labute approximate surface area is 196 Å². The predicted octanol–water partition coefficient (Wildman–Crippen LogP) is 6.02. The Morgan fingerprint density at radius 3 is 2.09 bits per heavy atom. The topological polar surface area (TPSA) is 58.6 Å². The molecule has 7 heteroatoms. The van der Waals surface area contributed by atoms with E-state index in [0.29, 0.717) is 32.7 Å². The average Bonchev–Trinajstić information content (AvgIpc) is 3.02. The van der Waals surface area contributed by atoms with Gasteiger partial charge in [-0.3, -0.25) is 9.59 Å². The number of benzene rings is 3. The summed E-state index contributed by atoms with van der Waals surface area (Å²) < 4.78 is 5.23. The van der Waals surface area contributed by atoms with Crippen molar-refractivity contribution in [3.05, 3.63) is 93.1 Å². The van der Waals surface area contributed by atoms with Gasteiger partial charge >= 0.3 is 0 Å². The maximum absolute atomic E-state index is 13.6. The molecule has 0 aliphatic carbocycles. The fourth-order valence-electron chi connectivity index (χ4n) is 3.58. The number of carbonyl (C=O) groups excluding carboxylic acids is 2. The number of halogens is 2. The molecule has 0 fully saturated rings. The first-order valence-electron chi connectivity index (χ1n) is 9.87. The number of methoxy groups -OCH3 is 1. The molecule has 5 nitrogen and oxygen atoms in total. The van der Waals surface area contributed by atoms with Crippen molar-refractivity contribution >= 4 is 52.0 Å². The lowest BCUT2D eigenvalue weighted by atomic mass is 10.0. The largest absolute Gasteiger partial charge is 0.497 e. The molecule has 32 heavy (non-hydrogen) atoms. The van der Waals surface area contributed by atoms with Gasteiger partial charge in [-0.25, -0.2) is 4.90 Å². The molecule has 0 unspecified atom stereocenters. The minimum absolute atomic E-state index is 0.171. The van der Waals surface area contributed by atoms with Crippen molar-refractivity contribution in [1.29, 1.82) is 0 Å². The highest BCUT2D eigenvalue weighted by molar-refractivity contribution is 6.46. The lowest BCUT2D eigenvalue weighted by molar-refractivity contribution is -0.120. The summed E-state index contributed by atoms with van der Waals surface area (Å²) in [7, 11) is 1.57. The second kappa shape index (κ2) is 8.69. The number of rotatable bonds is 5. The van der Waals surface area contributed by atoms with Crippen LogP contribution in [0.25, 0.3) is 5.57 Å². The Morgan fingerprint density at radius 2 is 1.44 bits per heavy atom. The van der Waals surface area contributed by atoms with Gasteiger partial charge in [-0.05, 0) is 66.9 Å². The number of imide groups is 1. The first-order valence-corrected chi connectivity index (χ1v) is 10.6. The van der Waals surface area contributed by atoms with Gasteiger partial charge in [0.15, 0.2) is 0 Å². The van der Waals surface area contributed by atoms with E-state index in [1.54, 1.807) is 61.7 Å². The van der Waals surface area contributed by atoms with E-state index < -0.39 is 11.8 Å². The molecule has 0 saturated heterocycles. The summed E-state index contributed by atoms with van der Waals surface area (Å²) in [5.74, 6) is -0.257. The molecule has 0 atom stereocenters. The zero-order chi connectivity index (χ0) is 23.0. The maximum Gasteiger partial charge on any atom is 0.282 e. The summed E-state index contributed by atoms with van der Waals surface area (Å²) in [6.45, 7) is 3.72. The Kier molecular flexibility index (Phi) is 5.96. The van der Waals surface area contributed by atoms with Gasteiger partial charge in [0.05, 0.1) is 18.4 Å². The molecule has 0 aromatic heterocycles. The van der Waals surface area contributed by atoms with E-state index in [2.05, 4.69) is 5.32 Å². The van der Waals surface area contributed by atoms with Crippen LogP contribution in [-0.2, 0) is 9.59 Å². The number of ether oxygens (including phenoxy) is 1. The number of anilines is 2. The molecule has 1 heterocycles. The van der Waals surface area contributed by atoms with Gasteiger partial charge in [-0.2, -0.15) is 0 Å². The van der Waals surface area contributed by atoms with Crippen molar-refractivity contribution in [2.45, 2.75) is 13.8 Å². The standard InChI is InChI=1S/C25H20Cl2N2O3/c1-14-4-8-17(26)12-20(14)28-23-22(16-6-10-19(32-3)11-7-16)24(30)29(25(23)31)21-13-18(27)9-5-15(21)2/h4-13,28H,1-3H3. The number of hydrogen-bond acceptors (Lipinski definition) is 4. The number of nitrogens with zero attached hydrogens (tertiary/aromatic N) is 1. The highest BCUT2D eigenvalue weighted by Crippen LogP contribution is 2.37. The molecule has 2 amide bonds. The zero-order valence-electron chi connectivity index (χ0n) is 17.7. The molecule has 1 N–H and O–H groups in total. The van der Waals surface area contributed by atoms with Crippen LogP contribution in [0.5, 0.6) is 5.75 Å². The van der Waals surface area contributed by atoms with Gasteiger partial charge in [0.25, 0.3) is 11.8 Å². The molecule has 1 aliphatic rings. The van der Waals surface area contributed by atoms with Crippen LogP contribution in [0, 0.1) is 13.8 Å². The van der Waals surface area contributed by atoms with Crippen molar-refractivity contribution in [3.8, 4) is 5.75 Å².